The molecule has 3 aliphatic rings. The molecule has 0 radical (unpaired) electrons. The fourth-order valence-electron chi connectivity index (χ4n) is 4.60. The van der Waals surface area contributed by atoms with Gasteiger partial charge in [-0.15, -0.1) is 0 Å². The van der Waals surface area contributed by atoms with Gasteiger partial charge in [0.2, 0.25) is 5.91 Å². The first-order chi connectivity index (χ1) is 13.1. The number of ether oxygens (including phenoxy) is 2. The van der Waals surface area contributed by atoms with Crippen molar-refractivity contribution in [1.82, 2.24) is 9.80 Å². The van der Waals surface area contributed by atoms with Gasteiger partial charge in [-0.1, -0.05) is 0 Å². The fourth-order valence-corrected chi connectivity index (χ4v) is 4.60. The quantitative estimate of drug-likeness (QED) is 0.806. The summed E-state index contributed by atoms with van der Waals surface area (Å²) in [6, 6.07) is 3.32. The number of nitrogens with zero attached hydrogens (tertiary/aromatic N) is 2. The maximum absolute atomic E-state index is 12.6. The highest BCUT2D eigenvalue weighted by Crippen LogP contribution is 2.40. The average Bonchev–Trinajstić information content (AvgIpc) is 3.37. The van der Waals surface area contributed by atoms with Crippen LogP contribution >= 0.6 is 0 Å². The van der Waals surface area contributed by atoms with E-state index in [1.807, 2.05) is 9.80 Å². The zero-order chi connectivity index (χ0) is 18.9. The Morgan fingerprint density at radius 2 is 2.11 bits per heavy atom. The van der Waals surface area contributed by atoms with Crippen molar-refractivity contribution in [2.45, 2.75) is 44.6 Å². The Kier molecular flexibility index (Phi) is 5.12. The molecule has 4 heterocycles. The van der Waals surface area contributed by atoms with Crippen LogP contribution in [0.1, 0.15) is 49.1 Å². The number of carbonyl (C=O) groups excluding carboxylic acids is 2. The molecule has 1 aromatic heterocycles. The summed E-state index contributed by atoms with van der Waals surface area (Å²) < 4.78 is 16.1. The average molecular weight is 376 g/mol. The highest BCUT2D eigenvalue weighted by molar-refractivity contribution is 5.91. The third kappa shape index (κ3) is 3.83. The molecule has 1 aromatic rings. The van der Waals surface area contributed by atoms with Crippen molar-refractivity contribution in [2.75, 3.05) is 39.9 Å². The van der Waals surface area contributed by atoms with Gasteiger partial charge in [0.05, 0.1) is 13.2 Å². The Morgan fingerprint density at radius 1 is 1.30 bits per heavy atom. The summed E-state index contributed by atoms with van der Waals surface area (Å²) in [5.74, 6) is 0.831. The van der Waals surface area contributed by atoms with Crippen molar-refractivity contribution in [1.29, 1.82) is 0 Å². The van der Waals surface area contributed by atoms with E-state index < -0.39 is 0 Å². The van der Waals surface area contributed by atoms with Gasteiger partial charge in [0.25, 0.3) is 11.9 Å². The van der Waals surface area contributed by atoms with Gasteiger partial charge in [-0.2, -0.15) is 0 Å². The van der Waals surface area contributed by atoms with Crippen LogP contribution in [-0.4, -0.2) is 67.6 Å². The van der Waals surface area contributed by atoms with Crippen molar-refractivity contribution < 1.29 is 23.5 Å². The van der Waals surface area contributed by atoms with Gasteiger partial charge in [0.15, 0.2) is 5.76 Å². The number of piperidine rings is 2. The van der Waals surface area contributed by atoms with E-state index in [4.69, 9.17) is 13.9 Å². The first-order valence-electron chi connectivity index (χ1n) is 9.91. The van der Waals surface area contributed by atoms with E-state index >= 15 is 0 Å². The molecule has 0 aliphatic carbocycles. The Morgan fingerprint density at radius 3 is 2.78 bits per heavy atom. The Balaban J connectivity index is 1.35. The van der Waals surface area contributed by atoms with Crippen molar-refractivity contribution in [3.8, 4) is 5.95 Å². The first kappa shape index (κ1) is 18.3. The molecule has 0 bridgehead atoms. The lowest BCUT2D eigenvalue weighted by Crippen LogP contribution is -2.53. The number of furan rings is 1. The molecular formula is C20H28N2O5. The Labute approximate surface area is 159 Å². The van der Waals surface area contributed by atoms with Crippen LogP contribution in [0.25, 0.3) is 0 Å². The zero-order valence-corrected chi connectivity index (χ0v) is 15.9. The summed E-state index contributed by atoms with van der Waals surface area (Å²) in [6.07, 6.45) is 5.70. The molecule has 1 unspecified atom stereocenters. The molecule has 27 heavy (non-hydrogen) atoms. The van der Waals surface area contributed by atoms with Gasteiger partial charge in [0.1, 0.15) is 0 Å². The van der Waals surface area contributed by atoms with Gasteiger partial charge in [0, 0.05) is 45.3 Å². The summed E-state index contributed by atoms with van der Waals surface area (Å²) in [5.41, 5.74) is 0.129. The fraction of sp³-hybridized carbons (Fsp3) is 0.700. The van der Waals surface area contributed by atoms with Crippen LogP contribution in [0, 0.1) is 5.41 Å². The standard InChI is InChI=1S/C20H28N2O5/c1-25-18-5-4-16(27-18)19(24)21-10-8-20(9-11-21)7-6-17(23)22(14-20)13-15-3-2-12-26-15/h4-5,15H,2-3,6-14H2,1H3. The zero-order valence-electron chi connectivity index (χ0n) is 15.9. The minimum absolute atomic E-state index is 0.0868. The van der Waals surface area contributed by atoms with Gasteiger partial charge in [-0.25, -0.2) is 0 Å². The predicted molar refractivity (Wildman–Crippen MR) is 97.6 cm³/mol. The normalized spacial score (nSPS) is 25.2. The van der Waals surface area contributed by atoms with E-state index in [0.717, 1.165) is 51.8 Å². The molecule has 1 atom stereocenters. The lowest BCUT2D eigenvalue weighted by atomic mass is 9.72. The second kappa shape index (κ2) is 7.54. The van der Waals surface area contributed by atoms with Crippen molar-refractivity contribution in [2.24, 2.45) is 5.41 Å². The maximum atomic E-state index is 12.6. The number of hydrogen-bond donors (Lipinski definition) is 0. The molecule has 3 fully saturated rings. The summed E-state index contributed by atoms with van der Waals surface area (Å²) >= 11 is 0. The molecule has 148 valence electrons. The molecule has 0 saturated carbocycles. The highest BCUT2D eigenvalue weighted by atomic mass is 16.6. The number of hydrogen-bond acceptors (Lipinski definition) is 5. The first-order valence-corrected chi connectivity index (χ1v) is 9.91. The molecule has 0 aromatic carbocycles. The van der Waals surface area contributed by atoms with Crippen LogP contribution in [0.3, 0.4) is 0 Å². The second-order valence-corrected chi connectivity index (χ2v) is 8.02. The smallest absolute Gasteiger partial charge is 0.289 e. The van der Waals surface area contributed by atoms with E-state index in [9.17, 15) is 9.59 Å². The number of methoxy groups -OCH3 is 1. The third-order valence-electron chi connectivity index (χ3n) is 6.30. The Bertz CT molecular complexity index is 686. The van der Waals surface area contributed by atoms with Crippen molar-refractivity contribution in [3.63, 3.8) is 0 Å². The predicted octanol–water partition coefficient (Wildman–Crippen LogP) is 2.31. The van der Waals surface area contributed by atoms with Crippen LogP contribution in [0.5, 0.6) is 5.95 Å². The van der Waals surface area contributed by atoms with Crippen LogP contribution in [0.4, 0.5) is 0 Å². The molecule has 3 saturated heterocycles. The monoisotopic (exact) mass is 376 g/mol. The number of likely N-dealkylation sites (tertiary alicyclic amines) is 2. The SMILES string of the molecule is COc1ccc(C(=O)N2CCC3(CCC(=O)N(CC4CCCO4)C3)CC2)o1. The summed E-state index contributed by atoms with van der Waals surface area (Å²) in [5, 5.41) is 0. The van der Waals surface area contributed by atoms with Gasteiger partial charge >= 0.3 is 0 Å². The molecular weight excluding hydrogens is 348 g/mol. The summed E-state index contributed by atoms with van der Waals surface area (Å²) in [4.78, 5) is 28.9. The molecule has 4 rings (SSSR count). The molecule has 7 heteroatoms. The van der Waals surface area contributed by atoms with E-state index in [0.29, 0.717) is 31.2 Å². The van der Waals surface area contributed by atoms with Gasteiger partial charge in [-0.05, 0) is 43.6 Å². The number of carbonyl (C=O) groups is 2. The lowest BCUT2D eigenvalue weighted by Gasteiger charge is -2.47. The van der Waals surface area contributed by atoms with Crippen LogP contribution < -0.4 is 4.74 Å². The minimum atomic E-state index is -0.0868. The topological polar surface area (TPSA) is 72.2 Å². The largest absolute Gasteiger partial charge is 0.468 e. The van der Waals surface area contributed by atoms with E-state index in [2.05, 4.69) is 0 Å². The van der Waals surface area contributed by atoms with Gasteiger partial charge in [-0.3, -0.25) is 9.59 Å². The maximum Gasteiger partial charge on any atom is 0.289 e. The summed E-state index contributed by atoms with van der Waals surface area (Å²) in [6.45, 7) is 3.72. The van der Waals surface area contributed by atoms with Crippen molar-refractivity contribution in [3.05, 3.63) is 17.9 Å². The molecule has 2 amide bonds. The van der Waals surface area contributed by atoms with Crippen molar-refractivity contribution >= 4 is 11.8 Å². The second-order valence-electron chi connectivity index (χ2n) is 8.02. The molecule has 1 spiro atoms. The number of amides is 2. The Hall–Kier alpha value is -2.02. The van der Waals surface area contributed by atoms with Gasteiger partial charge < -0.3 is 23.7 Å². The lowest BCUT2D eigenvalue weighted by molar-refractivity contribution is -0.141. The molecule has 0 N–H and O–H groups in total. The van der Waals surface area contributed by atoms with E-state index in [1.54, 1.807) is 12.1 Å². The number of rotatable bonds is 4. The third-order valence-corrected chi connectivity index (χ3v) is 6.30. The van der Waals surface area contributed by atoms with Crippen LogP contribution in [0.2, 0.25) is 0 Å². The summed E-state index contributed by atoms with van der Waals surface area (Å²) in [7, 11) is 1.52. The molecule has 7 nitrogen and oxygen atoms in total. The minimum Gasteiger partial charge on any atom is -0.468 e. The van der Waals surface area contributed by atoms with Crippen LogP contribution in [0.15, 0.2) is 16.5 Å². The molecule has 3 aliphatic heterocycles. The van der Waals surface area contributed by atoms with Crippen LogP contribution in [-0.2, 0) is 9.53 Å². The van der Waals surface area contributed by atoms with E-state index in [-0.39, 0.29) is 23.3 Å². The highest BCUT2D eigenvalue weighted by Gasteiger charge is 2.42. The van der Waals surface area contributed by atoms with E-state index in [1.165, 1.54) is 7.11 Å².